The molecule has 5 nitrogen and oxygen atoms in total. The summed E-state index contributed by atoms with van der Waals surface area (Å²) in [5.74, 6) is 0.106. The number of carbonyl (C=O) groups is 1. The van der Waals surface area contributed by atoms with Crippen molar-refractivity contribution in [3.63, 3.8) is 0 Å². The van der Waals surface area contributed by atoms with Crippen molar-refractivity contribution in [2.24, 2.45) is 0 Å². The molecule has 0 aliphatic rings. The predicted molar refractivity (Wildman–Crippen MR) is 105 cm³/mol. The first kappa shape index (κ1) is 16.1. The van der Waals surface area contributed by atoms with Gasteiger partial charge in [-0.2, -0.15) is 0 Å². The number of carbonyl (C=O) groups excluding carboxylic acids is 1. The van der Waals surface area contributed by atoms with Gasteiger partial charge in [-0.05, 0) is 35.0 Å². The standard InChI is InChI=1S/C20H15N3O2S/c21-18-17(26-20(23-18)22-15-8-2-1-3-9-15)19(24)25-16-11-10-13-6-4-5-7-14(13)12-16/h1-12H,21H2,(H,22,23). The second-order valence-corrected chi connectivity index (χ2v) is 6.62. The van der Waals surface area contributed by atoms with E-state index in [1.807, 2.05) is 66.7 Å². The van der Waals surface area contributed by atoms with Gasteiger partial charge >= 0.3 is 5.97 Å². The van der Waals surface area contributed by atoms with Crippen molar-refractivity contribution < 1.29 is 9.53 Å². The van der Waals surface area contributed by atoms with Crippen molar-refractivity contribution >= 4 is 44.7 Å². The number of esters is 1. The number of ether oxygens (including phenoxy) is 1. The molecule has 128 valence electrons. The Bertz CT molecular complexity index is 1080. The molecule has 0 saturated carbocycles. The Kier molecular flexibility index (Phi) is 4.25. The van der Waals surface area contributed by atoms with Crippen molar-refractivity contribution in [2.75, 3.05) is 11.1 Å². The summed E-state index contributed by atoms with van der Waals surface area (Å²) < 4.78 is 5.48. The number of nitrogens with zero attached hydrogens (tertiary/aromatic N) is 1. The van der Waals surface area contributed by atoms with Crippen LogP contribution in [0.3, 0.4) is 0 Å². The van der Waals surface area contributed by atoms with E-state index in [9.17, 15) is 4.79 Å². The molecule has 0 saturated heterocycles. The third-order valence-electron chi connectivity index (χ3n) is 3.80. The molecular formula is C20H15N3O2S. The Balaban J connectivity index is 1.54. The lowest BCUT2D eigenvalue weighted by molar-refractivity contribution is 0.0741. The Morgan fingerprint density at radius 3 is 2.50 bits per heavy atom. The molecular weight excluding hydrogens is 346 g/mol. The Morgan fingerprint density at radius 2 is 1.69 bits per heavy atom. The van der Waals surface area contributed by atoms with Gasteiger partial charge in [0.15, 0.2) is 15.8 Å². The van der Waals surface area contributed by atoms with Crippen molar-refractivity contribution in [3.8, 4) is 5.75 Å². The molecule has 0 radical (unpaired) electrons. The number of para-hydroxylation sites is 1. The fourth-order valence-corrected chi connectivity index (χ4v) is 3.34. The average Bonchev–Trinajstić information content (AvgIpc) is 3.03. The van der Waals surface area contributed by atoms with E-state index in [-0.39, 0.29) is 10.7 Å². The lowest BCUT2D eigenvalue weighted by atomic mass is 10.1. The molecule has 4 aromatic rings. The first-order valence-corrected chi connectivity index (χ1v) is 8.80. The number of hydrogen-bond acceptors (Lipinski definition) is 6. The molecule has 0 aliphatic carbocycles. The lowest BCUT2D eigenvalue weighted by Gasteiger charge is -2.04. The minimum Gasteiger partial charge on any atom is -0.422 e. The molecule has 0 atom stereocenters. The highest BCUT2D eigenvalue weighted by Gasteiger charge is 2.18. The Hall–Kier alpha value is -3.38. The van der Waals surface area contributed by atoms with Gasteiger partial charge in [-0.15, -0.1) is 0 Å². The maximum absolute atomic E-state index is 12.5. The highest BCUT2D eigenvalue weighted by Crippen LogP contribution is 2.29. The van der Waals surface area contributed by atoms with Crippen LogP contribution >= 0.6 is 11.3 Å². The van der Waals surface area contributed by atoms with Crippen molar-refractivity contribution in [2.45, 2.75) is 0 Å². The van der Waals surface area contributed by atoms with E-state index in [1.165, 1.54) is 0 Å². The van der Waals surface area contributed by atoms with Crippen LogP contribution in [0.4, 0.5) is 16.6 Å². The van der Waals surface area contributed by atoms with Gasteiger partial charge in [0.05, 0.1) is 0 Å². The summed E-state index contributed by atoms with van der Waals surface area (Å²) in [6, 6.07) is 22.9. The van der Waals surface area contributed by atoms with Crippen LogP contribution in [0.15, 0.2) is 72.8 Å². The average molecular weight is 361 g/mol. The zero-order chi connectivity index (χ0) is 17.9. The van der Waals surface area contributed by atoms with Crippen LogP contribution in [0.1, 0.15) is 9.67 Å². The molecule has 6 heteroatoms. The van der Waals surface area contributed by atoms with E-state index >= 15 is 0 Å². The molecule has 0 spiro atoms. The van der Waals surface area contributed by atoms with Crippen molar-refractivity contribution in [1.29, 1.82) is 0 Å². The normalized spacial score (nSPS) is 10.6. The number of rotatable bonds is 4. The summed E-state index contributed by atoms with van der Waals surface area (Å²) in [7, 11) is 0. The number of thiazole rings is 1. The van der Waals surface area contributed by atoms with E-state index < -0.39 is 5.97 Å². The predicted octanol–water partition coefficient (Wildman–Crippen LogP) is 4.84. The van der Waals surface area contributed by atoms with Crippen LogP contribution in [0.2, 0.25) is 0 Å². The molecule has 0 aliphatic heterocycles. The molecule has 0 fully saturated rings. The summed E-state index contributed by atoms with van der Waals surface area (Å²) in [6.45, 7) is 0. The topological polar surface area (TPSA) is 77.2 Å². The SMILES string of the molecule is Nc1nc(Nc2ccccc2)sc1C(=O)Oc1ccc2ccccc2c1. The Labute approximate surface area is 154 Å². The minimum absolute atomic E-state index is 0.152. The van der Waals surface area contributed by atoms with E-state index in [2.05, 4.69) is 10.3 Å². The van der Waals surface area contributed by atoms with E-state index in [0.29, 0.717) is 10.9 Å². The summed E-state index contributed by atoms with van der Waals surface area (Å²) in [5.41, 5.74) is 6.77. The summed E-state index contributed by atoms with van der Waals surface area (Å²) in [6.07, 6.45) is 0. The van der Waals surface area contributed by atoms with Gasteiger partial charge in [-0.3, -0.25) is 0 Å². The van der Waals surface area contributed by atoms with E-state index in [0.717, 1.165) is 27.8 Å². The van der Waals surface area contributed by atoms with Gasteiger partial charge in [0, 0.05) is 5.69 Å². The zero-order valence-corrected chi connectivity index (χ0v) is 14.5. The fourth-order valence-electron chi connectivity index (χ4n) is 2.56. The second kappa shape index (κ2) is 6.85. The molecule has 0 amide bonds. The van der Waals surface area contributed by atoms with Gasteiger partial charge in [-0.25, -0.2) is 9.78 Å². The summed E-state index contributed by atoms with van der Waals surface area (Å²) in [4.78, 5) is 17.0. The molecule has 3 aromatic carbocycles. The maximum atomic E-state index is 12.5. The van der Waals surface area contributed by atoms with Crippen LogP contribution in [0.5, 0.6) is 5.75 Å². The highest BCUT2D eigenvalue weighted by molar-refractivity contribution is 7.18. The van der Waals surface area contributed by atoms with Gasteiger partial charge in [0.25, 0.3) is 0 Å². The van der Waals surface area contributed by atoms with E-state index in [4.69, 9.17) is 10.5 Å². The van der Waals surface area contributed by atoms with Crippen LogP contribution < -0.4 is 15.8 Å². The number of anilines is 3. The lowest BCUT2D eigenvalue weighted by Crippen LogP contribution is -2.08. The first-order chi connectivity index (χ1) is 12.7. The Morgan fingerprint density at radius 1 is 0.962 bits per heavy atom. The summed E-state index contributed by atoms with van der Waals surface area (Å²) >= 11 is 1.16. The van der Waals surface area contributed by atoms with Crippen molar-refractivity contribution in [1.82, 2.24) is 4.98 Å². The van der Waals surface area contributed by atoms with Crippen LogP contribution in [0, 0.1) is 0 Å². The number of nitrogens with one attached hydrogen (secondary N) is 1. The van der Waals surface area contributed by atoms with Gasteiger partial charge in [-0.1, -0.05) is 59.9 Å². The molecule has 1 aromatic heterocycles. The largest absolute Gasteiger partial charge is 0.422 e. The number of nitrogen functional groups attached to an aromatic ring is 1. The smallest absolute Gasteiger partial charge is 0.357 e. The van der Waals surface area contributed by atoms with Crippen LogP contribution in [0.25, 0.3) is 10.8 Å². The van der Waals surface area contributed by atoms with Crippen molar-refractivity contribution in [3.05, 3.63) is 77.7 Å². The maximum Gasteiger partial charge on any atom is 0.357 e. The van der Waals surface area contributed by atoms with Gasteiger partial charge < -0.3 is 15.8 Å². The second-order valence-electron chi connectivity index (χ2n) is 5.62. The fraction of sp³-hybridized carbons (Fsp3) is 0. The molecule has 26 heavy (non-hydrogen) atoms. The number of nitrogens with two attached hydrogens (primary N) is 1. The number of fused-ring (bicyclic) bond motifs is 1. The quantitative estimate of drug-likeness (QED) is 0.402. The molecule has 1 heterocycles. The monoisotopic (exact) mass is 361 g/mol. The summed E-state index contributed by atoms with van der Waals surface area (Å²) in [5, 5.41) is 5.75. The van der Waals surface area contributed by atoms with Gasteiger partial charge in [0.1, 0.15) is 5.75 Å². The van der Waals surface area contributed by atoms with Crippen LogP contribution in [-0.4, -0.2) is 11.0 Å². The number of hydrogen-bond donors (Lipinski definition) is 2. The van der Waals surface area contributed by atoms with Crippen LogP contribution in [-0.2, 0) is 0 Å². The molecule has 0 bridgehead atoms. The molecule has 4 rings (SSSR count). The number of aromatic nitrogens is 1. The number of benzene rings is 3. The minimum atomic E-state index is -0.517. The van der Waals surface area contributed by atoms with Gasteiger partial charge in [0.2, 0.25) is 0 Å². The third kappa shape index (κ3) is 3.36. The third-order valence-corrected chi connectivity index (χ3v) is 4.76. The highest BCUT2D eigenvalue weighted by atomic mass is 32.1. The molecule has 3 N–H and O–H groups in total. The van der Waals surface area contributed by atoms with E-state index in [1.54, 1.807) is 6.07 Å². The zero-order valence-electron chi connectivity index (χ0n) is 13.7. The molecule has 0 unspecified atom stereocenters. The first-order valence-electron chi connectivity index (χ1n) is 7.98.